The molecule has 1 atom stereocenters. The lowest BCUT2D eigenvalue weighted by atomic mass is 9.74. The van der Waals surface area contributed by atoms with Crippen LogP contribution in [0.2, 0.25) is 0 Å². The minimum absolute atomic E-state index is 0.321. The Labute approximate surface area is 354 Å². The summed E-state index contributed by atoms with van der Waals surface area (Å²) in [6, 6.07) is 75.7. The van der Waals surface area contributed by atoms with Crippen molar-refractivity contribution in [1.29, 1.82) is 0 Å². The standard InChI is InChI=1S/C58H38N2O/c1-58(44-25-9-4-10-26-44)49-29-14-13-27-45(49)55-46(28-16-30-50(55)58)52-36-51(59-57(60-52)38-19-7-3-8-20-38)42-24-15-23-41(31-42)47-33-43(37-17-5-2-6-18-37)35-54-56(47)48-32-39-21-11-12-22-40(39)34-53(48)61-54/h2-36H,1H3. The summed E-state index contributed by atoms with van der Waals surface area (Å²) in [7, 11) is 0. The van der Waals surface area contributed by atoms with Gasteiger partial charge >= 0.3 is 0 Å². The van der Waals surface area contributed by atoms with Crippen LogP contribution >= 0.6 is 0 Å². The van der Waals surface area contributed by atoms with Gasteiger partial charge in [-0.15, -0.1) is 0 Å². The lowest BCUT2D eigenvalue weighted by Gasteiger charge is -2.28. The molecule has 12 rings (SSSR count). The minimum atomic E-state index is -0.321. The van der Waals surface area contributed by atoms with Crippen molar-refractivity contribution in [2.45, 2.75) is 12.3 Å². The Morgan fingerprint density at radius 2 is 1.00 bits per heavy atom. The molecule has 3 nitrogen and oxygen atoms in total. The Hall–Kier alpha value is -7.88. The molecule has 1 unspecified atom stereocenters. The van der Waals surface area contributed by atoms with Crippen molar-refractivity contribution < 1.29 is 4.42 Å². The zero-order chi connectivity index (χ0) is 40.5. The predicted octanol–water partition coefficient (Wildman–Crippen LogP) is 15.2. The van der Waals surface area contributed by atoms with Crippen molar-refractivity contribution in [2.75, 3.05) is 0 Å². The zero-order valence-corrected chi connectivity index (χ0v) is 33.5. The second kappa shape index (κ2) is 13.9. The van der Waals surface area contributed by atoms with Crippen LogP contribution in [-0.4, -0.2) is 9.97 Å². The predicted molar refractivity (Wildman–Crippen MR) is 251 cm³/mol. The molecule has 9 aromatic carbocycles. The highest BCUT2D eigenvalue weighted by molar-refractivity contribution is 6.16. The van der Waals surface area contributed by atoms with Crippen LogP contribution in [0.25, 0.3) is 100.0 Å². The summed E-state index contributed by atoms with van der Waals surface area (Å²) in [5.74, 6) is 0.689. The Morgan fingerprint density at radius 1 is 0.393 bits per heavy atom. The van der Waals surface area contributed by atoms with Crippen molar-refractivity contribution in [1.82, 2.24) is 9.97 Å². The van der Waals surface area contributed by atoms with E-state index in [1.54, 1.807) is 0 Å². The molecule has 0 amide bonds. The topological polar surface area (TPSA) is 38.9 Å². The number of hydrogen-bond donors (Lipinski definition) is 0. The normalized spacial score (nSPS) is 14.4. The van der Waals surface area contributed by atoms with Gasteiger partial charge in [-0.2, -0.15) is 0 Å². The van der Waals surface area contributed by atoms with Crippen LogP contribution in [0.5, 0.6) is 0 Å². The second-order valence-corrected chi connectivity index (χ2v) is 16.2. The number of fused-ring (bicyclic) bond motifs is 7. The first-order valence-electron chi connectivity index (χ1n) is 20.9. The molecule has 2 heterocycles. The number of rotatable bonds is 6. The smallest absolute Gasteiger partial charge is 0.160 e. The van der Waals surface area contributed by atoms with E-state index < -0.39 is 0 Å². The molecule has 0 radical (unpaired) electrons. The van der Waals surface area contributed by atoms with Crippen LogP contribution in [0.15, 0.2) is 217 Å². The number of aromatic nitrogens is 2. The second-order valence-electron chi connectivity index (χ2n) is 16.2. The highest BCUT2D eigenvalue weighted by Crippen LogP contribution is 2.55. The van der Waals surface area contributed by atoms with E-state index in [-0.39, 0.29) is 5.41 Å². The monoisotopic (exact) mass is 778 g/mol. The molecule has 0 aliphatic heterocycles. The molecule has 286 valence electrons. The fourth-order valence-corrected chi connectivity index (χ4v) is 9.75. The summed E-state index contributed by atoms with van der Waals surface area (Å²) in [5, 5.41) is 4.55. The summed E-state index contributed by atoms with van der Waals surface area (Å²) in [5.41, 5.74) is 17.0. The van der Waals surface area contributed by atoms with Gasteiger partial charge in [0.1, 0.15) is 11.2 Å². The van der Waals surface area contributed by atoms with Crippen LogP contribution in [-0.2, 0) is 5.41 Å². The first-order valence-corrected chi connectivity index (χ1v) is 20.9. The van der Waals surface area contributed by atoms with Gasteiger partial charge in [-0.05, 0) is 104 Å². The van der Waals surface area contributed by atoms with Gasteiger partial charge in [0, 0.05) is 32.9 Å². The Bertz CT molecular complexity index is 3480. The lowest BCUT2D eigenvalue weighted by Crippen LogP contribution is -2.22. The first-order chi connectivity index (χ1) is 30.1. The molecule has 2 aromatic heterocycles. The van der Waals surface area contributed by atoms with E-state index in [9.17, 15) is 0 Å². The first kappa shape index (κ1) is 35.1. The quantitative estimate of drug-likeness (QED) is 0.169. The average molecular weight is 779 g/mol. The van der Waals surface area contributed by atoms with Crippen LogP contribution in [0.1, 0.15) is 23.6 Å². The molecular formula is C58H38N2O. The molecular weight excluding hydrogens is 741 g/mol. The van der Waals surface area contributed by atoms with Crippen LogP contribution in [0.3, 0.4) is 0 Å². The van der Waals surface area contributed by atoms with E-state index in [4.69, 9.17) is 14.4 Å². The fourth-order valence-electron chi connectivity index (χ4n) is 9.75. The highest BCUT2D eigenvalue weighted by atomic mass is 16.3. The average Bonchev–Trinajstić information content (AvgIpc) is 3.83. The summed E-state index contributed by atoms with van der Waals surface area (Å²) in [6.07, 6.45) is 0. The van der Waals surface area contributed by atoms with Crippen molar-refractivity contribution in [3.05, 3.63) is 229 Å². The molecule has 61 heavy (non-hydrogen) atoms. The van der Waals surface area contributed by atoms with Gasteiger partial charge in [0.15, 0.2) is 5.82 Å². The molecule has 0 spiro atoms. The van der Waals surface area contributed by atoms with Crippen LogP contribution in [0.4, 0.5) is 0 Å². The third kappa shape index (κ3) is 5.66. The van der Waals surface area contributed by atoms with Crippen LogP contribution < -0.4 is 0 Å². The highest BCUT2D eigenvalue weighted by Gasteiger charge is 2.41. The third-order valence-corrected chi connectivity index (χ3v) is 12.7. The van der Waals surface area contributed by atoms with E-state index in [2.05, 4.69) is 213 Å². The SMILES string of the molecule is CC1(c2ccccc2)c2ccccc2-c2c(-c3cc(-c4cccc(-c5cc(-c6ccccc6)cc6oc7cc8ccccc8cc7c56)c4)nc(-c4ccccc4)n3)cccc21. The lowest BCUT2D eigenvalue weighted by molar-refractivity contribution is 0.669. The number of benzene rings is 9. The van der Waals surface area contributed by atoms with E-state index >= 15 is 0 Å². The molecule has 11 aromatic rings. The summed E-state index contributed by atoms with van der Waals surface area (Å²) >= 11 is 0. The van der Waals surface area contributed by atoms with Gasteiger partial charge in [0.25, 0.3) is 0 Å². The summed E-state index contributed by atoms with van der Waals surface area (Å²) < 4.78 is 6.71. The maximum Gasteiger partial charge on any atom is 0.160 e. The van der Waals surface area contributed by atoms with Crippen molar-refractivity contribution in [3.8, 4) is 67.3 Å². The molecule has 0 bridgehead atoms. The fraction of sp³-hybridized carbons (Fsp3) is 0.0345. The van der Waals surface area contributed by atoms with Gasteiger partial charge in [-0.25, -0.2) is 9.97 Å². The summed E-state index contributed by atoms with van der Waals surface area (Å²) in [4.78, 5) is 10.7. The van der Waals surface area contributed by atoms with E-state index in [0.717, 1.165) is 77.7 Å². The van der Waals surface area contributed by atoms with Crippen molar-refractivity contribution in [3.63, 3.8) is 0 Å². The number of furan rings is 1. The summed E-state index contributed by atoms with van der Waals surface area (Å²) in [6.45, 7) is 2.36. The van der Waals surface area contributed by atoms with Crippen molar-refractivity contribution >= 4 is 32.7 Å². The third-order valence-electron chi connectivity index (χ3n) is 12.7. The maximum absolute atomic E-state index is 6.71. The van der Waals surface area contributed by atoms with E-state index in [1.807, 2.05) is 6.07 Å². The number of nitrogens with zero attached hydrogens (tertiary/aromatic N) is 2. The van der Waals surface area contributed by atoms with Crippen LogP contribution in [0, 0.1) is 0 Å². The minimum Gasteiger partial charge on any atom is -0.456 e. The van der Waals surface area contributed by atoms with E-state index in [1.165, 1.54) is 33.2 Å². The molecule has 0 fully saturated rings. The zero-order valence-electron chi connectivity index (χ0n) is 33.5. The van der Waals surface area contributed by atoms with Gasteiger partial charge in [0.05, 0.1) is 11.4 Å². The largest absolute Gasteiger partial charge is 0.456 e. The molecule has 1 aliphatic carbocycles. The molecule has 0 saturated heterocycles. The Balaban J connectivity index is 1.07. The molecule has 3 heteroatoms. The van der Waals surface area contributed by atoms with Gasteiger partial charge in [-0.3, -0.25) is 0 Å². The molecule has 0 saturated carbocycles. The Kier molecular flexibility index (Phi) is 7.98. The number of hydrogen-bond acceptors (Lipinski definition) is 3. The van der Waals surface area contributed by atoms with E-state index in [0.29, 0.717) is 5.82 Å². The maximum atomic E-state index is 6.71. The Morgan fingerprint density at radius 3 is 1.80 bits per heavy atom. The molecule has 0 N–H and O–H groups in total. The van der Waals surface area contributed by atoms with Gasteiger partial charge in [-0.1, -0.05) is 176 Å². The van der Waals surface area contributed by atoms with Gasteiger partial charge < -0.3 is 4.42 Å². The molecule has 1 aliphatic rings. The van der Waals surface area contributed by atoms with Gasteiger partial charge in [0.2, 0.25) is 0 Å². The van der Waals surface area contributed by atoms with Crippen molar-refractivity contribution in [2.24, 2.45) is 0 Å².